The summed E-state index contributed by atoms with van der Waals surface area (Å²) in [6.45, 7) is 7.49. The number of amides is 1. The molecular weight excluding hydrogens is 318 g/mol. The number of hydrogen-bond donors (Lipinski definition) is 2. The number of rotatable bonds is 2. The van der Waals surface area contributed by atoms with Crippen molar-refractivity contribution < 1.29 is 9.53 Å². The lowest BCUT2D eigenvalue weighted by atomic mass is 10.0. The van der Waals surface area contributed by atoms with Crippen LogP contribution >= 0.6 is 0 Å². The number of carbonyl (C=O) groups is 1. The van der Waals surface area contributed by atoms with Crippen molar-refractivity contribution in [3.63, 3.8) is 0 Å². The number of H-pyrrole nitrogens is 2. The van der Waals surface area contributed by atoms with Gasteiger partial charge in [-0.15, -0.1) is 0 Å². The van der Waals surface area contributed by atoms with Crippen LogP contribution in [0.25, 0.3) is 10.9 Å². The van der Waals surface area contributed by atoms with E-state index < -0.39 is 0 Å². The van der Waals surface area contributed by atoms with Gasteiger partial charge in [-0.2, -0.15) is 10.2 Å². The Bertz CT molecular complexity index is 923. The van der Waals surface area contributed by atoms with Gasteiger partial charge in [0, 0.05) is 23.2 Å². The molecule has 0 spiro atoms. The molecule has 1 aliphatic heterocycles. The first-order chi connectivity index (χ1) is 12.1. The van der Waals surface area contributed by atoms with Crippen molar-refractivity contribution in [3.05, 3.63) is 46.4 Å². The summed E-state index contributed by atoms with van der Waals surface area (Å²) in [5, 5.41) is 15.3. The Hall–Kier alpha value is -2.67. The van der Waals surface area contributed by atoms with Gasteiger partial charge in [-0.05, 0) is 38.5 Å². The predicted molar refractivity (Wildman–Crippen MR) is 93.5 cm³/mol. The van der Waals surface area contributed by atoms with Crippen LogP contribution < -0.4 is 0 Å². The van der Waals surface area contributed by atoms with Gasteiger partial charge >= 0.3 is 0 Å². The highest BCUT2D eigenvalue weighted by Crippen LogP contribution is 2.31. The van der Waals surface area contributed by atoms with Crippen molar-refractivity contribution >= 4 is 16.8 Å². The van der Waals surface area contributed by atoms with Crippen LogP contribution in [-0.4, -0.2) is 51.0 Å². The zero-order chi connectivity index (χ0) is 17.6. The van der Waals surface area contributed by atoms with Gasteiger partial charge in [0.1, 0.15) is 0 Å². The molecule has 2 aromatic heterocycles. The number of nitrogens with zero attached hydrogens (tertiary/aromatic N) is 3. The molecule has 0 bridgehead atoms. The lowest BCUT2D eigenvalue weighted by Crippen LogP contribution is -2.43. The van der Waals surface area contributed by atoms with E-state index in [1.807, 2.05) is 37.8 Å². The minimum absolute atomic E-state index is 0.00810. The fourth-order valence-electron chi connectivity index (χ4n) is 3.67. The molecule has 1 fully saturated rings. The summed E-state index contributed by atoms with van der Waals surface area (Å²) in [6, 6.07) is 3.81. The maximum atomic E-state index is 13.4. The number of ether oxygens (including phenoxy) is 1. The summed E-state index contributed by atoms with van der Waals surface area (Å²) in [4.78, 5) is 15.3. The van der Waals surface area contributed by atoms with E-state index in [9.17, 15) is 4.79 Å². The highest BCUT2D eigenvalue weighted by molar-refractivity contribution is 6.06. The summed E-state index contributed by atoms with van der Waals surface area (Å²) < 4.78 is 5.67. The number of nitrogens with one attached hydrogen (secondary N) is 2. The van der Waals surface area contributed by atoms with Crippen LogP contribution in [-0.2, 0) is 4.74 Å². The van der Waals surface area contributed by atoms with Crippen molar-refractivity contribution in [1.29, 1.82) is 0 Å². The molecule has 3 heterocycles. The third-order valence-corrected chi connectivity index (χ3v) is 4.83. The SMILES string of the molecule is Cc1cc(C(=O)N2CCOCC2c2c(C)n[nH]c2C)c2[nH]ncc2c1. The first-order valence-electron chi connectivity index (χ1n) is 8.40. The average Bonchev–Trinajstić information content (AvgIpc) is 3.20. The number of aromatic nitrogens is 4. The first kappa shape index (κ1) is 15.8. The molecule has 0 saturated carbocycles. The highest BCUT2D eigenvalue weighted by Gasteiger charge is 2.33. The van der Waals surface area contributed by atoms with Crippen LogP contribution in [0, 0.1) is 20.8 Å². The van der Waals surface area contributed by atoms with Crippen molar-refractivity contribution in [2.24, 2.45) is 0 Å². The molecular formula is C18H21N5O2. The molecule has 7 nitrogen and oxygen atoms in total. The summed E-state index contributed by atoms with van der Waals surface area (Å²) in [7, 11) is 0. The van der Waals surface area contributed by atoms with Crippen LogP contribution in [0.3, 0.4) is 0 Å². The summed E-state index contributed by atoms with van der Waals surface area (Å²) in [5.74, 6) is -0.00810. The smallest absolute Gasteiger partial charge is 0.256 e. The Balaban J connectivity index is 1.78. The van der Waals surface area contributed by atoms with Gasteiger partial charge in [-0.1, -0.05) is 0 Å². The third kappa shape index (κ3) is 2.60. The van der Waals surface area contributed by atoms with E-state index in [2.05, 4.69) is 20.4 Å². The van der Waals surface area contributed by atoms with E-state index in [1.54, 1.807) is 6.20 Å². The second kappa shape index (κ2) is 6.00. The molecule has 1 amide bonds. The summed E-state index contributed by atoms with van der Waals surface area (Å²) >= 11 is 0. The molecule has 25 heavy (non-hydrogen) atoms. The standard InChI is InChI=1S/C18H21N5O2/c1-10-6-13-8-19-22-17(13)14(7-10)18(24)23-4-5-25-9-15(23)16-11(2)20-21-12(16)3/h6-8,15H,4-5,9H2,1-3H3,(H,19,22)(H,20,21). The van der Waals surface area contributed by atoms with E-state index in [0.717, 1.165) is 33.4 Å². The number of morpholine rings is 1. The zero-order valence-corrected chi connectivity index (χ0v) is 14.6. The Morgan fingerprint density at radius 3 is 2.88 bits per heavy atom. The molecule has 130 valence electrons. The van der Waals surface area contributed by atoms with Crippen LogP contribution in [0.2, 0.25) is 0 Å². The Labute approximate surface area is 145 Å². The molecule has 1 unspecified atom stereocenters. The molecule has 1 aromatic carbocycles. The van der Waals surface area contributed by atoms with Gasteiger partial charge in [-0.3, -0.25) is 15.0 Å². The quantitative estimate of drug-likeness (QED) is 0.751. The Kier molecular flexibility index (Phi) is 3.80. The fourth-order valence-corrected chi connectivity index (χ4v) is 3.67. The van der Waals surface area contributed by atoms with Crippen molar-refractivity contribution in [2.45, 2.75) is 26.8 Å². The monoisotopic (exact) mass is 339 g/mol. The second-order valence-corrected chi connectivity index (χ2v) is 6.58. The zero-order valence-electron chi connectivity index (χ0n) is 14.6. The van der Waals surface area contributed by atoms with E-state index in [1.165, 1.54) is 0 Å². The second-order valence-electron chi connectivity index (χ2n) is 6.58. The van der Waals surface area contributed by atoms with Gasteiger partial charge < -0.3 is 9.64 Å². The van der Waals surface area contributed by atoms with Crippen LogP contribution in [0.4, 0.5) is 0 Å². The van der Waals surface area contributed by atoms with Gasteiger partial charge in [0.05, 0.1) is 42.2 Å². The Morgan fingerprint density at radius 1 is 1.28 bits per heavy atom. The van der Waals surface area contributed by atoms with E-state index in [0.29, 0.717) is 25.3 Å². The normalized spacial score (nSPS) is 18.0. The van der Waals surface area contributed by atoms with Crippen LogP contribution in [0.15, 0.2) is 18.3 Å². The van der Waals surface area contributed by atoms with Gasteiger partial charge in [0.15, 0.2) is 0 Å². The molecule has 1 saturated heterocycles. The lowest BCUT2D eigenvalue weighted by molar-refractivity contribution is -0.00292. The van der Waals surface area contributed by atoms with E-state index in [4.69, 9.17) is 4.74 Å². The molecule has 0 radical (unpaired) electrons. The summed E-state index contributed by atoms with van der Waals surface area (Å²) in [6.07, 6.45) is 1.75. The molecule has 1 aliphatic rings. The number of hydrogen-bond acceptors (Lipinski definition) is 4. The van der Waals surface area contributed by atoms with Crippen molar-refractivity contribution in [2.75, 3.05) is 19.8 Å². The van der Waals surface area contributed by atoms with Crippen molar-refractivity contribution in [1.82, 2.24) is 25.3 Å². The molecule has 7 heteroatoms. The van der Waals surface area contributed by atoms with Gasteiger partial charge in [0.25, 0.3) is 5.91 Å². The highest BCUT2D eigenvalue weighted by atomic mass is 16.5. The number of benzene rings is 1. The van der Waals surface area contributed by atoms with E-state index >= 15 is 0 Å². The minimum Gasteiger partial charge on any atom is -0.377 e. The first-order valence-corrected chi connectivity index (χ1v) is 8.40. The van der Waals surface area contributed by atoms with Crippen LogP contribution in [0.1, 0.15) is 38.9 Å². The Morgan fingerprint density at radius 2 is 2.12 bits per heavy atom. The average molecular weight is 339 g/mol. The molecule has 4 rings (SSSR count). The van der Waals surface area contributed by atoms with Crippen LogP contribution in [0.5, 0.6) is 0 Å². The van der Waals surface area contributed by atoms with Crippen molar-refractivity contribution in [3.8, 4) is 0 Å². The topological polar surface area (TPSA) is 86.9 Å². The molecule has 1 atom stereocenters. The predicted octanol–water partition coefficient (Wildman–Crippen LogP) is 2.42. The summed E-state index contributed by atoms with van der Waals surface area (Å²) in [5.41, 5.74) is 5.39. The largest absolute Gasteiger partial charge is 0.377 e. The fraction of sp³-hybridized carbons (Fsp3) is 0.389. The number of carbonyl (C=O) groups excluding carboxylic acids is 1. The van der Waals surface area contributed by atoms with Gasteiger partial charge in [-0.25, -0.2) is 0 Å². The number of aryl methyl sites for hydroxylation is 3. The number of aromatic amines is 2. The molecule has 0 aliphatic carbocycles. The third-order valence-electron chi connectivity index (χ3n) is 4.83. The minimum atomic E-state index is -0.140. The number of fused-ring (bicyclic) bond motifs is 1. The van der Waals surface area contributed by atoms with Gasteiger partial charge in [0.2, 0.25) is 0 Å². The van der Waals surface area contributed by atoms with E-state index in [-0.39, 0.29) is 11.9 Å². The molecule has 2 N–H and O–H groups in total. The molecule has 3 aromatic rings. The lowest BCUT2D eigenvalue weighted by Gasteiger charge is -2.36. The maximum Gasteiger partial charge on any atom is 0.256 e. The maximum absolute atomic E-state index is 13.4.